The van der Waals surface area contributed by atoms with E-state index >= 15 is 0 Å². The third-order valence-electron chi connectivity index (χ3n) is 3.41. The van der Waals surface area contributed by atoms with Gasteiger partial charge in [-0.3, -0.25) is 0 Å². The van der Waals surface area contributed by atoms with Crippen molar-refractivity contribution >= 4 is 5.97 Å². The van der Waals surface area contributed by atoms with E-state index in [1.807, 2.05) is 13.8 Å². The highest BCUT2D eigenvalue weighted by Gasteiger charge is 2.73. The molecule has 0 spiro atoms. The van der Waals surface area contributed by atoms with Crippen molar-refractivity contribution in [1.29, 1.82) is 0 Å². The lowest BCUT2D eigenvalue weighted by molar-refractivity contribution is -0.150. The lowest BCUT2D eigenvalue weighted by Crippen LogP contribution is -2.37. The number of esters is 1. The number of hydrogen-bond acceptors (Lipinski definition) is 3. The fourth-order valence-electron chi connectivity index (χ4n) is 2.43. The normalized spacial score (nSPS) is 40.1. The van der Waals surface area contributed by atoms with E-state index in [2.05, 4.69) is 0 Å². The first-order valence-corrected chi connectivity index (χ1v) is 5.52. The molecule has 2 atom stereocenters. The van der Waals surface area contributed by atoms with E-state index in [-0.39, 0.29) is 11.6 Å². The van der Waals surface area contributed by atoms with Crippen molar-refractivity contribution in [2.24, 2.45) is 0 Å². The predicted octanol–water partition coefficient (Wildman–Crippen LogP) is 2.04. The number of epoxide rings is 1. The van der Waals surface area contributed by atoms with Crippen LogP contribution in [0.15, 0.2) is 0 Å². The summed E-state index contributed by atoms with van der Waals surface area (Å²) < 4.78 is 10.8. The fraction of sp³-hybridized carbons (Fsp3) is 0.909. The first-order valence-electron chi connectivity index (χ1n) is 5.52. The minimum atomic E-state index is -0.569. The maximum absolute atomic E-state index is 11.8. The number of fused-ring (bicyclic) bond motifs is 1. The second kappa shape index (κ2) is 3.23. The van der Waals surface area contributed by atoms with E-state index in [0.717, 1.165) is 25.7 Å². The molecule has 2 unspecified atom stereocenters. The molecule has 2 aliphatic rings. The molecule has 1 heterocycles. The molecule has 80 valence electrons. The first kappa shape index (κ1) is 9.97. The monoisotopic (exact) mass is 198 g/mol. The van der Waals surface area contributed by atoms with Crippen LogP contribution in [0.25, 0.3) is 0 Å². The van der Waals surface area contributed by atoms with Crippen molar-refractivity contribution in [2.75, 3.05) is 6.61 Å². The zero-order valence-electron chi connectivity index (χ0n) is 8.97. The number of carbonyl (C=O) groups excluding carboxylic acids is 1. The Bertz CT molecular complexity index is 247. The zero-order valence-corrected chi connectivity index (χ0v) is 8.97. The minimum absolute atomic E-state index is 0.137. The standard InChI is InChI=1S/C11H18O3/c1-3-8-13-9(12)11-7-5-4-6-10(11,2)14-11/h3-8H2,1-2H3. The van der Waals surface area contributed by atoms with E-state index in [1.165, 1.54) is 6.42 Å². The highest BCUT2D eigenvalue weighted by Crippen LogP contribution is 2.57. The highest BCUT2D eigenvalue weighted by atomic mass is 16.7. The SMILES string of the molecule is CCCOC(=O)C12CCCCC1(C)O2. The second-order valence-electron chi connectivity index (χ2n) is 4.50. The van der Waals surface area contributed by atoms with E-state index in [1.54, 1.807) is 0 Å². The molecule has 1 aliphatic heterocycles. The number of hydrogen-bond donors (Lipinski definition) is 0. The average Bonchev–Trinajstić information content (AvgIpc) is 2.82. The Morgan fingerprint density at radius 1 is 1.43 bits per heavy atom. The topological polar surface area (TPSA) is 38.8 Å². The Morgan fingerprint density at radius 2 is 2.14 bits per heavy atom. The van der Waals surface area contributed by atoms with Crippen LogP contribution in [0.2, 0.25) is 0 Å². The highest BCUT2D eigenvalue weighted by molar-refractivity contribution is 5.85. The van der Waals surface area contributed by atoms with Crippen LogP contribution in [-0.4, -0.2) is 23.8 Å². The molecule has 3 heteroatoms. The van der Waals surface area contributed by atoms with Crippen molar-refractivity contribution in [1.82, 2.24) is 0 Å². The first-order chi connectivity index (χ1) is 6.65. The Morgan fingerprint density at radius 3 is 2.79 bits per heavy atom. The summed E-state index contributed by atoms with van der Waals surface area (Å²) in [4.78, 5) is 11.8. The second-order valence-corrected chi connectivity index (χ2v) is 4.50. The van der Waals surface area contributed by atoms with Gasteiger partial charge in [-0.1, -0.05) is 13.3 Å². The van der Waals surface area contributed by atoms with Crippen LogP contribution in [-0.2, 0) is 14.3 Å². The smallest absolute Gasteiger partial charge is 0.341 e. The lowest BCUT2D eigenvalue weighted by atomic mass is 9.80. The summed E-state index contributed by atoms with van der Waals surface area (Å²) in [6.07, 6.45) is 4.95. The van der Waals surface area contributed by atoms with Gasteiger partial charge in [-0.25, -0.2) is 4.79 Å². The van der Waals surface area contributed by atoms with E-state index in [4.69, 9.17) is 9.47 Å². The summed E-state index contributed by atoms with van der Waals surface area (Å²) in [6.45, 7) is 4.54. The summed E-state index contributed by atoms with van der Waals surface area (Å²) in [7, 11) is 0. The van der Waals surface area contributed by atoms with Crippen molar-refractivity contribution in [3.63, 3.8) is 0 Å². The quantitative estimate of drug-likeness (QED) is 0.514. The number of carbonyl (C=O) groups is 1. The van der Waals surface area contributed by atoms with E-state index < -0.39 is 5.60 Å². The molecule has 1 saturated heterocycles. The molecule has 1 saturated carbocycles. The van der Waals surface area contributed by atoms with Gasteiger partial charge in [-0.05, 0) is 32.6 Å². The predicted molar refractivity (Wildman–Crippen MR) is 51.9 cm³/mol. The average molecular weight is 198 g/mol. The lowest BCUT2D eigenvalue weighted by Gasteiger charge is -2.20. The summed E-state index contributed by atoms with van der Waals surface area (Å²) in [6, 6.07) is 0. The Kier molecular flexibility index (Phi) is 2.30. The minimum Gasteiger partial charge on any atom is -0.463 e. The summed E-state index contributed by atoms with van der Waals surface area (Å²) in [5.41, 5.74) is -0.781. The third kappa shape index (κ3) is 1.26. The van der Waals surface area contributed by atoms with Crippen LogP contribution in [0.3, 0.4) is 0 Å². The number of ether oxygens (including phenoxy) is 2. The maximum atomic E-state index is 11.8. The third-order valence-corrected chi connectivity index (χ3v) is 3.41. The Balaban J connectivity index is 2.00. The molecule has 0 aromatic carbocycles. The van der Waals surface area contributed by atoms with Gasteiger partial charge in [-0.2, -0.15) is 0 Å². The van der Waals surface area contributed by atoms with Crippen molar-refractivity contribution < 1.29 is 14.3 Å². The van der Waals surface area contributed by atoms with Crippen LogP contribution in [0, 0.1) is 0 Å². The van der Waals surface area contributed by atoms with Gasteiger partial charge >= 0.3 is 5.97 Å². The largest absolute Gasteiger partial charge is 0.463 e. The van der Waals surface area contributed by atoms with Gasteiger partial charge in [0.1, 0.15) is 5.60 Å². The maximum Gasteiger partial charge on any atom is 0.341 e. The molecule has 2 fully saturated rings. The van der Waals surface area contributed by atoms with Gasteiger partial charge in [-0.15, -0.1) is 0 Å². The molecule has 0 aromatic rings. The van der Waals surface area contributed by atoms with Crippen LogP contribution in [0.5, 0.6) is 0 Å². The summed E-state index contributed by atoms with van der Waals surface area (Å²) in [5.74, 6) is -0.137. The van der Waals surface area contributed by atoms with Crippen LogP contribution in [0.1, 0.15) is 46.0 Å². The fourth-order valence-corrected chi connectivity index (χ4v) is 2.43. The number of rotatable bonds is 3. The van der Waals surface area contributed by atoms with Gasteiger partial charge in [0, 0.05) is 0 Å². The molecule has 14 heavy (non-hydrogen) atoms. The van der Waals surface area contributed by atoms with Gasteiger partial charge in [0.15, 0.2) is 5.60 Å². The molecule has 0 bridgehead atoms. The molecule has 3 nitrogen and oxygen atoms in total. The van der Waals surface area contributed by atoms with Gasteiger partial charge < -0.3 is 9.47 Å². The molecule has 0 radical (unpaired) electrons. The molecule has 0 N–H and O–H groups in total. The molecular formula is C11H18O3. The van der Waals surface area contributed by atoms with E-state index in [9.17, 15) is 4.79 Å². The molecule has 1 aliphatic carbocycles. The Labute approximate surface area is 84.8 Å². The van der Waals surface area contributed by atoms with Crippen molar-refractivity contribution in [3.05, 3.63) is 0 Å². The molecular weight excluding hydrogens is 180 g/mol. The molecule has 0 aromatic heterocycles. The van der Waals surface area contributed by atoms with E-state index in [0.29, 0.717) is 6.61 Å². The van der Waals surface area contributed by atoms with Crippen LogP contribution >= 0.6 is 0 Å². The van der Waals surface area contributed by atoms with Gasteiger partial charge in [0.05, 0.1) is 6.61 Å². The van der Waals surface area contributed by atoms with Crippen molar-refractivity contribution in [2.45, 2.75) is 57.2 Å². The molecule has 2 rings (SSSR count). The van der Waals surface area contributed by atoms with Crippen LogP contribution < -0.4 is 0 Å². The van der Waals surface area contributed by atoms with Gasteiger partial charge in [0.25, 0.3) is 0 Å². The Hall–Kier alpha value is -0.570. The summed E-state index contributed by atoms with van der Waals surface area (Å²) in [5, 5.41) is 0. The van der Waals surface area contributed by atoms with Gasteiger partial charge in [0.2, 0.25) is 0 Å². The zero-order chi connectivity index (χ0) is 10.2. The van der Waals surface area contributed by atoms with Crippen molar-refractivity contribution in [3.8, 4) is 0 Å². The molecule has 0 amide bonds. The summed E-state index contributed by atoms with van der Waals surface area (Å²) >= 11 is 0. The van der Waals surface area contributed by atoms with Crippen LogP contribution in [0.4, 0.5) is 0 Å².